The standard InChI is InChI=1S/C26H14Cl2FN3O4/c27-14-4-3-12-8-13(24(28)31-18(12)9-14)11-32-19-10-17(29)15-5-7-36-23(15)21(19)20(22(32)26(34)35)16-2-1-6-30-25(16)33/h1-10H,11H2,(H,30,33)(H,34,35). The van der Waals surface area contributed by atoms with Gasteiger partial charge in [0, 0.05) is 27.7 Å². The van der Waals surface area contributed by atoms with Crippen LogP contribution in [0.2, 0.25) is 10.2 Å². The third kappa shape index (κ3) is 3.37. The summed E-state index contributed by atoms with van der Waals surface area (Å²) in [5, 5.41) is 12.2. The summed E-state index contributed by atoms with van der Waals surface area (Å²) in [4.78, 5) is 32.4. The van der Waals surface area contributed by atoms with Crippen molar-refractivity contribution in [1.82, 2.24) is 14.5 Å². The van der Waals surface area contributed by atoms with Gasteiger partial charge in [-0.15, -0.1) is 0 Å². The third-order valence-electron chi connectivity index (χ3n) is 6.14. The summed E-state index contributed by atoms with van der Waals surface area (Å²) in [7, 11) is 0. The molecule has 4 aromatic heterocycles. The predicted octanol–water partition coefficient (Wildman–Crippen LogP) is 6.48. The van der Waals surface area contributed by atoms with Gasteiger partial charge < -0.3 is 19.1 Å². The van der Waals surface area contributed by atoms with Crippen LogP contribution in [0, 0.1) is 5.82 Å². The zero-order chi connectivity index (χ0) is 25.1. The molecule has 178 valence electrons. The highest BCUT2D eigenvalue weighted by Gasteiger charge is 2.29. The molecule has 0 spiro atoms. The minimum atomic E-state index is -1.30. The smallest absolute Gasteiger partial charge is 0.353 e. The van der Waals surface area contributed by atoms with E-state index in [1.54, 1.807) is 30.3 Å². The number of benzene rings is 2. The van der Waals surface area contributed by atoms with E-state index in [9.17, 15) is 14.7 Å². The van der Waals surface area contributed by atoms with E-state index in [2.05, 4.69) is 9.97 Å². The van der Waals surface area contributed by atoms with Gasteiger partial charge in [0.1, 0.15) is 22.2 Å². The Morgan fingerprint density at radius 3 is 2.78 bits per heavy atom. The molecule has 0 saturated carbocycles. The number of carboxylic acids is 1. The number of nitrogens with one attached hydrogen (secondary N) is 1. The van der Waals surface area contributed by atoms with E-state index in [1.165, 1.54) is 35.2 Å². The van der Waals surface area contributed by atoms with Crippen LogP contribution >= 0.6 is 23.2 Å². The summed E-state index contributed by atoms with van der Waals surface area (Å²) in [5.74, 6) is -1.89. The van der Waals surface area contributed by atoms with Crippen molar-refractivity contribution in [2.24, 2.45) is 0 Å². The Balaban J connectivity index is 1.71. The highest BCUT2D eigenvalue weighted by atomic mass is 35.5. The van der Waals surface area contributed by atoms with Crippen LogP contribution in [0.25, 0.3) is 43.9 Å². The lowest BCUT2D eigenvalue weighted by Gasteiger charge is -2.12. The lowest BCUT2D eigenvalue weighted by atomic mass is 10.0. The summed E-state index contributed by atoms with van der Waals surface area (Å²) in [6, 6.07) is 12.7. The molecule has 0 amide bonds. The number of furan rings is 1. The maximum Gasteiger partial charge on any atom is 0.353 e. The Kier molecular flexibility index (Phi) is 5.10. The first-order valence-electron chi connectivity index (χ1n) is 10.7. The molecule has 36 heavy (non-hydrogen) atoms. The second kappa shape index (κ2) is 8.22. The first kappa shape index (κ1) is 22.3. The summed E-state index contributed by atoms with van der Waals surface area (Å²) in [6.45, 7) is -0.0566. The molecule has 4 heterocycles. The molecule has 0 aliphatic carbocycles. The van der Waals surface area contributed by atoms with Gasteiger partial charge in [-0.25, -0.2) is 14.2 Å². The lowest BCUT2D eigenvalue weighted by molar-refractivity contribution is 0.0687. The van der Waals surface area contributed by atoms with E-state index >= 15 is 4.39 Å². The number of fused-ring (bicyclic) bond motifs is 4. The van der Waals surface area contributed by atoms with Gasteiger partial charge in [-0.3, -0.25) is 4.79 Å². The second-order valence-corrected chi connectivity index (χ2v) is 9.01. The van der Waals surface area contributed by atoms with Gasteiger partial charge in [0.05, 0.1) is 40.2 Å². The summed E-state index contributed by atoms with van der Waals surface area (Å²) in [5.41, 5.74) is 0.977. The maximum absolute atomic E-state index is 15.1. The molecular weight excluding hydrogens is 508 g/mol. The van der Waals surface area contributed by atoms with Crippen molar-refractivity contribution < 1.29 is 18.7 Å². The van der Waals surface area contributed by atoms with E-state index < -0.39 is 17.3 Å². The number of carboxylic acid groups (broad SMARTS) is 1. The summed E-state index contributed by atoms with van der Waals surface area (Å²) < 4.78 is 22.1. The molecule has 0 aliphatic rings. The lowest BCUT2D eigenvalue weighted by Crippen LogP contribution is -2.14. The predicted molar refractivity (Wildman–Crippen MR) is 136 cm³/mol. The molecule has 6 aromatic rings. The number of aromatic amines is 1. The van der Waals surface area contributed by atoms with E-state index in [0.29, 0.717) is 21.5 Å². The van der Waals surface area contributed by atoms with Crippen molar-refractivity contribution in [3.05, 3.63) is 98.6 Å². The second-order valence-electron chi connectivity index (χ2n) is 8.22. The van der Waals surface area contributed by atoms with Gasteiger partial charge in [-0.05, 0) is 42.5 Å². The van der Waals surface area contributed by atoms with E-state index in [-0.39, 0.29) is 45.0 Å². The van der Waals surface area contributed by atoms with Crippen LogP contribution in [0.1, 0.15) is 16.1 Å². The zero-order valence-electron chi connectivity index (χ0n) is 18.2. The number of pyridine rings is 2. The van der Waals surface area contributed by atoms with Gasteiger partial charge in [-0.2, -0.15) is 0 Å². The molecular formula is C26H14Cl2FN3O4. The Labute approximate surface area is 211 Å². The Hall–Kier alpha value is -4.14. The summed E-state index contributed by atoms with van der Waals surface area (Å²) in [6.07, 6.45) is 2.76. The molecule has 0 bridgehead atoms. The number of aromatic nitrogens is 3. The molecule has 0 unspecified atom stereocenters. The minimum Gasteiger partial charge on any atom is -0.477 e. The number of hydrogen-bond donors (Lipinski definition) is 2. The highest BCUT2D eigenvalue weighted by Crippen LogP contribution is 2.40. The van der Waals surface area contributed by atoms with Gasteiger partial charge >= 0.3 is 5.97 Å². The first-order valence-corrected chi connectivity index (χ1v) is 11.5. The van der Waals surface area contributed by atoms with Crippen LogP contribution in [0.3, 0.4) is 0 Å². The number of halogens is 3. The molecule has 0 atom stereocenters. The van der Waals surface area contributed by atoms with Crippen molar-refractivity contribution in [1.29, 1.82) is 0 Å². The van der Waals surface area contributed by atoms with Gasteiger partial charge in [0.2, 0.25) is 0 Å². The fourth-order valence-corrected chi connectivity index (χ4v) is 4.99. The van der Waals surface area contributed by atoms with Gasteiger partial charge in [0.25, 0.3) is 5.56 Å². The fourth-order valence-electron chi connectivity index (χ4n) is 4.61. The quantitative estimate of drug-likeness (QED) is 0.258. The van der Waals surface area contributed by atoms with Crippen LogP contribution in [0.4, 0.5) is 4.39 Å². The molecule has 10 heteroatoms. The average molecular weight is 522 g/mol. The van der Waals surface area contributed by atoms with Crippen molar-refractivity contribution in [3.63, 3.8) is 0 Å². The number of carbonyl (C=O) groups is 1. The van der Waals surface area contributed by atoms with Gasteiger partial charge in [-0.1, -0.05) is 29.3 Å². The Morgan fingerprint density at radius 2 is 2.00 bits per heavy atom. The monoisotopic (exact) mass is 521 g/mol. The molecule has 0 radical (unpaired) electrons. The highest BCUT2D eigenvalue weighted by molar-refractivity contribution is 6.32. The SMILES string of the molecule is O=C(O)c1c(-c2ccc[nH]c2=O)c2c3occc3c(F)cc2n1Cc1cc2ccc(Cl)cc2nc1Cl. The number of rotatable bonds is 4. The summed E-state index contributed by atoms with van der Waals surface area (Å²) >= 11 is 12.5. The first-order chi connectivity index (χ1) is 17.3. The molecule has 6 rings (SSSR count). The van der Waals surface area contributed by atoms with E-state index in [0.717, 1.165) is 5.39 Å². The Morgan fingerprint density at radius 1 is 1.17 bits per heavy atom. The number of aromatic carboxylic acids is 1. The molecule has 0 fully saturated rings. The van der Waals surface area contributed by atoms with Crippen LogP contribution in [-0.2, 0) is 6.54 Å². The largest absolute Gasteiger partial charge is 0.477 e. The van der Waals surface area contributed by atoms with Crippen LogP contribution in [0.15, 0.2) is 70.2 Å². The zero-order valence-corrected chi connectivity index (χ0v) is 19.7. The molecule has 0 aliphatic heterocycles. The number of H-pyrrole nitrogens is 1. The third-order valence-corrected chi connectivity index (χ3v) is 6.70. The fraction of sp³-hybridized carbons (Fsp3) is 0.0385. The topological polar surface area (TPSA) is 101 Å². The minimum absolute atomic E-state index is 0.0566. The maximum atomic E-state index is 15.1. The van der Waals surface area contributed by atoms with Crippen molar-refractivity contribution in [3.8, 4) is 11.1 Å². The van der Waals surface area contributed by atoms with Crippen LogP contribution < -0.4 is 5.56 Å². The van der Waals surface area contributed by atoms with Gasteiger partial charge in [0.15, 0.2) is 0 Å². The normalized spacial score (nSPS) is 11.6. The molecule has 7 nitrogen and oxygen atoms in total. The van der Waals surface area contributed by atoms with Crippen LogP contribution in [-0.4, -0.2) is 25.6 Å². The molecule has 0 saturated heterocycles. The molecule has 2 aromatic carbocycles. The van der Waals surface area contributed by atoms with Crippen molar-refractivity contribution in [2.45, 2.75) is 6.54 Å². The van der Waals surface area contributed by atoms with E-state index in [4.69, 9.17) is 27.6 Å². The number of hydrogen-bond acceptors (Lipinski definition) is 4. The van der Waals surface area contributed by atoms with Crippen molar-refractivity contribution >= 4 is 61.9 Å². The molecule has 2 N–H and O–H groups in total. The average Bonchev–Trinajstić information content (AvgIpc) is 3.44. The Bertz CT molecular complexity index is 1920. The van der Waals surface area contributed by atoms with Crippen molar-refractivity contribution in [2.75, 3.05) is 0 Å². The number of nitrogens with zero attached hydrogens (tertiary/aromatic N) is 2. The van der Waals surface area contributed by atoms with E-state index in [1.807, 2.05) is 0 Å². The van der Waals surface area contributed by atoms with Crippen LogP contribution in [0.5, 0.6) is 0 Å².